The van der Waals surface area contributed by atoms with Gasteiger partial charge in [-0.25, -0.2) is 14.1 Å². The summed E-state index contributed by atoms with van der Waals surface area (Å²) in [5.41, 5.74) is -1.57. The van der Waals surface area contributed by atoms with Gasteiger partial charge in [0, 0.05) is 24.5 Å². The lowest BCUT2D eigenvalue weighted by Gasteiger charge is -2.14. The van der Waals surface area contributed by atoms with Crippen LogP contribution in [0.3, 0.4) is 0 Å². The minimum atomic E-state index is -4.66. The number of aromatic nitrogens is 4. The normalized spacial score (nSPS) is 12.9. The molecular formula is C17H12ClF4N5O. The summed E-state index contributed by atoms with van der Waals surface area (Å²) in [4.78, 5) is 16.8. The third kappa shape index (κ3) is 3.71. The zero-order valence-electron chi connectivity index (χ0n) is 14.3. The Hall–Kier alpha value is -2.93. The van der Waals surface area contributed by atoms with Crippen LogP contribution in [-0.2, 0) is 12.7 Å². The standard InChI is InChI=1S/C17H12ClF4N5O/c1-9(4-5-23)16-11(19)2-3-14-24-10(6-15(28)27(14)16)8-26-13(18)7-12(25-26)17(20,21)22/h2-3,6-7,9H,4,8H2,1H3/t9-/m1/s1. The van der Waals surface area contributed by atoms with Gasteiger partial charge in [0.05, 0.1) is 24.0 Å². The van der Waals surface area contributed by atoms with E-state index in [9.17, 15) is 22.4 Å². The molecule has 3 rings (SSSR count). The van der Waals surface area contributed by atoms with E-state index in [4.69, 9.17) is 16.9 Å². The highest BCUT2D eigenvalue weighted by Crippen LogP contribution is 2.30. The summed E-state index contributed by atoms with van der Waals surface area (Å²) in [6, 6.07) is 6.06. The van der Waals surface area contributed by atoms with Crippen molar-refractivity contribution in [2.75, 3.05) is 0 Å². The second-order valence-corrected chi connectivity index (χ2v) is 6.50. The van der Waals surface area contributed by atoms with Crippen LogP contribution in [0.25, 0.3) is 5.65 Å². The Morgan fingerprint density at radius 2 is 2.04 bits per heavy atom. The summed E-state index contributed by atoms with van der Waals surface area (Å²) in [5, 5.41) is 12.0. The van der Waals surface area contributed by atoms with Crippen LogP contribution in [0.5, 0.6) is 0 Å². The van der Waals surface area contributed by atoms with Gasteiger partial charge in [-0.1, -0.05) is 18.5 Å². The number of nitrogens with zero attached hydrogens (tertiary/aromatic N) is 5. The van der Waals surface area contributed by atoms with Gasteiger partial charge in [-0.15, -0.1) is 0 Å². The summed E-state index contributed by atoms with van der Waals surface area (Å²) >= 11 is 5.79. The number of fused-ring (bicyclic) bond motifs is 1. The second kappa shape index (κ2) is 7.24. The lowest BCUT2D eigenvalue weighted by Crippen LogP contribution is -2.22. The van der Waals surface area contributed by atoms with Gasteiger partial charge in [0.25, 0.3) is 5.56 Å². The summed E-state index contributed by atoms with van der Waals surface area (Å²) < 4.78 is 54.4. The molecule has 28 heavy (non-hydrogen) atoms. The van der Waals surface area contributed by atoms with Crippen molar-refractivity contribution in [1.29, 1.82) is 5.26 Å². The second-order valence-electron chi connectivity index (χ2n) is 6.12. The Morgan fingerprint density at radius 3 is 2.64 bits per heavy atom. The molecule has 0 aliphatic heterocycles. The van der Waals surface area contributed by atoms with Crippen LogP contribution in [0.15, 0.2) is 29.1 Å². The van der Waals surface area contributed by atoms with E-state index < -0.39 is 29.2 Å². The predicted octanol–water partition coefficient (Wildman–Crippen LogP) is 3.77. The topological polar surface area (TPSA) is 76.0 Å². The van der Waals surface area contributed by atoms with E-state index in [-0.39, 0.29) is 35.2 Å². The first kappa shape index (κ1) is 19.8. The first-order valence-corrected chi connectivity index (χ1v) is 8.38. The third-order valence-electron chi connectivity index (χ3n) is 4.06. The molecule has 0 aliphatic rings. The molecule has 0 amide bonds. The molecule has 0 saturated carbocycles. The van der Waals surface area contributed by atoms with E-state index in [1.165, 1.54) is 6.07 Å². The maximum absolute atomic E-state index is 14.3. The van der Waals surface area contributed by atoms with Gasteiger partial charge in [0.1, 0.15) is 16.6 Å². The molecule has 0 unspecified atom stereocenters. The van der Waals surface area contributed by atoms with E-state index in [2.05, 4.69) is 10.1 Å². The fourth-order valence-electron chi connectivity index (χ4n) is 2.81. The van der Waals surface area contributed by atoms with E-state index in [1.807, 2.05) is 6.07 Å². The van der Waals surface area contributed by atoms with Crippen molar-refractivity contribution in [3.8, 4) is 6.07 Å². The molecule has 3 aromatic heterocycles. The first-order valence-electron chi connectivity index (χ1n) is 8.00. The monoisotopic (exact) mass is 413 g/mol. The minimum Gasteiger partial charge on any atom is -0.269 e. The SMILES string of the molecule is C[C@H](CC#N)c1c(F)ccc2nc(Cn3nc(C(F)(F)F)cc3Cl)cc(=O)n12. The fourth-order valence-corrected chi connectivity index (χ4v) is 3.01. The van der Waals surface area contributed by atoms with Crippen LogP contribution in [0.4, 0.5) is 17.6 Å². The van der Waals surface area contributed by atoms with Crippen molar-refractivity contribution >= 4 is 17.2 Å². The molecule has 0 radical (unpaired) electrons. The summed E-state index contributed by atoms with van der Waals surface area (Å²) in [6.07, 6.45) is -4.66. The number of hydrogen-bond donors (Lipinski definition) is 0. The maximum atomic E-state index is 14.3. The zero-order chi connectivity index (χ0) is 20.6. The Labute approximate surface area is 160 Å². The minimum absolute atomic E-state index is 0.00661. The molecular weight excluding hydrogens is 402 g/mol. The Bertz CT molecular complexity index is 1150. The van der Waals surface area contributed by atoms with Crippen molar-refractivity contribution in [3.05, 3.63) is 62.7 Å². The van der Waals surface area contributed by atoms with Crippen molar-refractivity contribution in [1.82, 2.24) is 19.2 Å². The van der Waals surface area contributed by atoms with E-state index in [1.54, 1.807) is 6.92 Å². The molecule has 11 heteroatoms. The highest BCUT2D eigenvalue weighted by Gasteiger charge is 2.34. The molecule has 0 aliphatic carbocycles. The highest BCUT2D eigenvalue weighted by molar-refractivity contribution is 6.29. The number of halogens is 5. The predicted molar refractivity (Wildman–Crippen MR) is 91.4 cm³/mol. The van der Waals surface area contributed by atoms with Gasteiger partial charge in [-0.3, -0.25) is 9.20 Å². The van der Waals surface area contributed by atoms with Crippen LogP contribution < -0.4 is 5.56 Å². The van der Waals surface area contributed by atoms with Gasteiger partial charge in [0.15, 0.2) is 5.69 Å². The lowest BCUT2D eigenvalue weighted by atomic mass is 10.0. The zero-order valence-corrected chi connectivity index (χ0v) is 15.1. The summed E-state index contributed by atoms with van der Waals surface area (Å²) in [7, 11) is 0. The molecule has 6 nitrogen and oxygen atoms in total. The first-order chi connectivity index (χ1) is 13.1. The van der Waals surface area contributed by atoms with Crippen molar-refractivity contribution < 1.29 is 17.6 Å². The molecule has 0 fully saturated rings. The molecule has 3 heterocycles. The summed E-state index contributed by atoms with van der Waals surface area (Å²) in [5.74, 6) is -1.22. The Balaban J connectivity index is 2.07. The maximum Gasteiger partial charge on any atom is 0.435 e. The van der Waals surface area contributed by atoms with E-state index >= 15 is 0 Å². The quantitative estimate of drug-likeness (QED) is 0.610. The van der Waals surface area contributed by atoms with Gasteiger partial charge < -0.3 is 0 Å². The number of hydrogen-bond acceptors (Lipinski definition) is 4. The van der Waals surface area contributed by atoms with Crippen LogP contribution in [0, 0.1) is 17.1 Å². The largest absolute Gasteiger partial charge is 0.435 e. The molecule has 0 bridgehead atoms. The lowest BCUT2D eigenvalue weighted by molar-refractivity contribution is -0.141. The van der Waals surface area contributed by atoms with Crippen LogP contribution in [0.2, 0.25) is 5.15 Å². The number of pyridine rings is 1. The van der Waals surface area contributed by atoms with Crippen LogP contribution in [-0.4, -0.2) is 19.2 Å². The Kier molecular flexibility index (Phi) is 5.12. The molecule has 0 spiro atoms. The van der Waals surface area contributed by atoms with Gasteiger partial charge in [-0.05, 0) is 12.1 Å². The van der Waals surface area contributed by atoms with Gasteiger partial charge in [0.2, 0.25) is 0 Å². The fraction of sp³-hybridized carbons (Fsp3) is 0.294. The molecule has 1 atom stereocenters. The number of alkyl halides is 3. The number of rotatable bonds is 4. The van der Waals surface area contributed by atoms with Gasteiger partial charge >= 0.3 is 6.18 Å². The van der Waals surface area contributed by atoms with Crippen molar-refractivity contribution in [2.24, 2.45) is 0 Å². The third-order valence-corrected chi connectivity index (χ3v) is 4.36. The van der Waals surface area contributed by atoms with Crippen molar-refractivity contribution in [3.63, 3.8) is 0 Å². The average Bonchev–Trinajstić information content (AvgIpc) is 2.96. The van der Waals surface area contributed by atoms with Gasteiger partial charge in [-0.2, -0.15) is 23.5 Å². The van der Waals surface area contributed by atoms with Crippen LogP contribution in [0.1, 0.15) is 36.3 Å². The molecule has 0 saturated heterocycles. The number of nitriles is 1. The van der Waals surface area contributed by atoms with Crippen LogP contribution >= 0.6 is 11.6 Å². The smallest absolute Gasteiger partial charge is 0.269 e. The highest BCUT2D eigenvalue weighted by atomic mass is 35.5. The summed E-state index contributed by atoms with van der Waals surface area (Å²) in [6.45, 7) is 1.32. The average molecular weight is 414 g/mol. The van der Waals surface area contributed by atoms with E-state index in [0.717, 1.165) is 21.2 Å². The molecule has 0 aromatic carbocycles. The molecule has 3 aromatic rings. The van der Waals surface area contributed by atoms with Crippen molar-refractivity contribution in [2.45, 2.75) is 32.0 Å². The van der Waals surface area contributed by atoms with E-state index in [0.29, 0.717) is 6.07 Å². The molecule has 146 valence electrons. The Morgan fingerprint density at radius 1 is 1.32 bits per heavy atom. The molecule has 0 N–H and O–H groups in total.